The van der Waals surface area contributed by atoms with Crippen LogP contribution >= 0.6 is 186 Å². The van der Waals surface area contributed by atoms with Gasteiger partial charge in [-0.25, -0.2) is 0 Å². The molecular formula is C23H61O4P23. The third-order valence-electron chi connectivity index (χ3n) is 11.6. The molecule has 0 aromatic heterocycles. The van der Waals surface area contributed by atoms with Gasteiger partial charge in [-0.15, -0.1) is 98.2 Å². The van der Waals surface area contributed by atoms with E-state index in [9.17, 15) is 10.2 Å². The Bertz CT molecular complexity index is 1240. The Labute approximate surface area is 345 Å². The number of hydrogen-bond donors (Lipinski definition) is 2. The Balaban J connectivity index is 2.44. The average molecular weight is 1110 g/mol. The second-order valence-electron chi connectivity index (χ2n) is 14.2. The number of hydrogen-bond acceptors (Lipinski definition) is 4. The molecule has 1 fully saturated rings. The standard InChI is InChI=1S/C23H61O4P23/c1-11-9-16(24)23(8)14(4)20(27-41(43(29)30)49(40-28)45(33)34)17-12(2)15(10-22(7,21(17,5)6)13(3)18(23)19(11)25)26-42(48(39)44(31)32)50(46(35)36)47(37)38/h13-16,18,20,24-25,40H,9-10,28-39H2,1-8H3/t13?,14?,15?,16?,18?,20?,22-,23+,41?,42?,48?,49?/m0/s1. The van der Waals surface area contributed by atoms with E-state index < -0.39 is 40.5 Å². The van der Waals surface area contributed by atoms with Crippen molar-refractivity contribution < 1.29 is 19.3 Å². The zero-order chi connectivity index (χ0) is 38.6. The molecule has 0 radical (unpaired) electrons. The SMILES string of the molecule is CC1=C(O)C2C(C)[C@]3(C)CC(OP(P(P)P(P)P)P(P(P)P)P(P)P)C(C)=C(C(OP(P(P)P)P(PP)P(P)P)C(C)[C@]2(C)C(O)C1)C3(C)C. The summed E-state index contributed by atoms with van der Waals surface area (Å²) in [7, 11) is 37.1. The third-order valence-corrected chi connectivity index (χ3v) is 130. The largest absolute Gasteiger partial charge is 0.512 e. The first kappa shape index (κ1) is 53.4. The highest BCUT2D eigenvalue weighted by atomic mass is 33.2. The topological polar surface area (TPSA) is 58.9 Å². The van der Waals surface area contributed by atoms with Crippen molar-refractivity contribution in [1.82, 2.24) is 0 Å². The van der Waals surface area contributed by atoms with Gasteiger partial charge >= 0.3 is 0 Å². The van der Waals surface area contributed by atoms with Gasteiger partial charge in [0.1, 0.15) is 0 Å². The molecule has 1 saturated carbocycles. The van der Waals surface area contributed by atoms with Crippen LogP contribution in [0, 0.1) is 34.0 Å². The molecule has 25 atom stereocenters. The van der Waals surface area contributed by atoms with Gasteiger partial charge < -0.3 is 19.3 Å². The van der Waals surface area contributed by atoms with Crippen molar-refractivity contribution in [3.63, 3.8) is 0 Å². The molecular weight excluding hydrogens is 1050 g/mol. The molecule has 0 aromatic rings. The van der Waals surface area contributed by atoms with E-state index >= 15 is 0 Å². The van der Waals surface area contributed by atoms with E-state index in [0.717, 1.165) is 20.0 Å². The molecule has 23 unspecified atom stereocenters. The van der Waals surface area contributed by atoms with Crippen LogP contribution in [-0.2, 0) is 9.05 Å². The smallest absolute Gasteiger partial charge is 0.0965 e. The Morgan fingerprint density at radius 3 is 1.74 bits per heavy atom. The molecule has 3 aliphatic carbocycles. The van der Waals surface area contributed by atoms with Crippen molar-refractivity contribution in [2.24, 2.45) is 34.0 Å². The van der Waals surface area contributed by atoms with Crippen molar-refractivity contribution in [2.45, 2.75) is 86.5 Å². The van der Waals surface area contributed by atoms with Crippen molar-refractivity contribution >= 4 is 186 Å². The summed E-state index contributed by atoms with van der Waals surface area (Å²) in [6.45, 7) is 15.9. The summed E-state index contributed by atoms with van der Waals surface area (Å²) in [5, 5.41) is 24.4. The Kier molecular flexibility index (Phi) is 23.8. The molecule has 0 amide bonds. The summed E-state index contributed by atoms with van der Waals surface area (Å²) in [5.41, 5.74) is 2.65. The Morgan fingerprint density at radius 1 is 0.760 bits per heavy atom. The second kappa shape index (κ2) is 22.3. The van der Waals surface area contributed by atoms with Crippen LogP contribution in [0.15, 0.2) is 22.5 Å². The van der Waals surface area contributed by atoms with Gasteiger partial charge in [0, 0.05) is 32.3 Å². The number of fused-ring (bicyclic) bond motifs is 3. The van der Waals surface area contributed by atoms with E-state index in [-0.39, 0.29) is 82.7 Å². The highest BCUT2D eigenvalue weighted by Crippen LogP contribution is 3.18. The fraction of sp³-hybridized carbons (Fsp3) is 0.826. The molecule has 292 valence electrons. The van der Waals surface area contributed by atoms with Crippen LogP contribution < -0.4 is 0 Å². The third kappa shape index (κ3) is 11.1. The predicted octanol–water partition coefficient (Wildman–Crippen LogP) is 18.1. The van der Waals surface area contributed by atoms with Gasteiger partial charge in [0.2, 0.25) is 0 Å². The first-order chi connectivity index (χ1) is 22.8. The quantitative estimate of drug-likeness (QED) is 0.143. The maximum Gasteiger partial charge on any atom is 0.0965 e. The monoisotopic (exact) mass is 1110 g/mol. The number of aliphatic hydroxyl groups excluding tert-OH is 2. The van der Waals surface area contributed by atoms with E-state index in [4.69, 9.17) is 9.05 Å². The highest BCUT2D eigenvalue weighted by molar-refractivity contribution is 9.19. The predicted molar refractivity (Wildman–Crippen MR) is 299 cm³/mol. The number of aliphatic hydroxyl groups is 2. The summed E-state index contributed by atoms with van der Waals surface area (Å²) in [6.07, 6.45) is 0.602. The van der Waals surface area contributed by atoms with Gasteiger partial charge in [0.05, 0.1) is 39.1 Å². The van der Waals surface area contributed by atoms with Crippen LogP contribution in [0.1, 0.15) is 68.2 Å². The van der Waals surface area contributed by atoms with Gasteiger partial charge in [-0.3, -0.25) is 0 Å². The molecule has 4 nitrogen and oxygen atoms in total. The van der Waals surface area contributed by atoms with Crippen molar-refractivity contribution in [1.29, 1.82) is 0 Å². The maximum absolute atomic E-state index is 12.2. The van der Waals surface area contributed by atoms with Crippen molar-refractivity contribution in [3.8, 4) is 0 Å². The van der Waals surface area contributed by atoms with Crippen LogP contribution in [0.25, 0.3) is 0 Å². The van der Waals surface area contributed by atoms with Crippen LogP contribution in [0.2, 0.25) is 0 Å². The lowest BCUT2D eigenvalue weighted by Crippen LogP contribution is -2.63. The minimum Gasteiger partial charge on any atom is -0.512 e. The normalized spacial score (nSPS) is 36.2. The molecule has 3 rings (SSSR count). The second-order valence-corrected chi connectivity index (χ2v) is 97.5. The average Bonchev–Trinajstić information content (AvgIpc) is 2.99. The fourth-order valence-corrected chi connectivity index (χ4v) is 170. The lowest BCUT2D eigenvalue weighted by atomic mass is 9.41. The van der Waals surface area contributed by atoms with E-state index in [1.54, 1.807) is 0 Å². The molecule has 0 heterocycles. The van der Waals surface area contributed by atoms with Gasteiger partial charge in [-0.1, -0.05) is 58.4 Å². The molecule has 50 heavy (non-hydrogen) atoms. The van der Waals surface area contributed by atoms with Crippen LogP contribution in [0.4, 0.5) is 0 Å². The van der Waals surface area contributed by atoms with Gasteiger partial charge in [-0.05, 0) is 101 Å². The van der Waals surface area contributed by atoms with E-state index in [1.165, 1.54) is 11.1 Å². The van der Waals surface area contributed by atoms with Gasteiger partial charge in [-0.2, -0.15) is 0 Å². The van der Waals surface area contributed by atoms with Crippen LogP contribution in [0.3, 0.4) is 0 Å². The molecule has 0 spiro atoms. The van der Waals surface area contributed by atoms with E-state index in [2.05, 4.69) is 156 Å². The summed E-state index contributed by atoms with van der Waals surface area (Å²) in [5.74, 6) is 0.372. The molecule has 27 heteroatoms. The Hall–Kier alpha value is 9.05. The minimum atomic E-state index is -0.760. The maximum atomic E-state index is 12.2. The first-order valence-corrected chi connectivity index (χ1v) is 56.0. The van der Waals surface area contributed by atoms with Crippen molar-refractivity contribution in [3.05, 3.63) is 22.5 Å². The zero-order valence-electron chi connectivity index (χ0n) is 30.0. The molecule has 0 aliphatic heterocycles. The molecule has 0 saturated heterocycles. The summed E-state index contributed by atoms with van der Waals surface area (Å²) >= 11 is 0. The first-order valence-electron chi connectivity index (χ1n) is 15.6. The van der Waals surface area contributed by atoms with Gasteiger partial charge in [0.15, 0.2) is 0 Å². The molecule has 2 N–H and O–H groups in total. The summed E-state index contributed by atoms with van der Waals surface area (Å²) in [4.78, 5) is 0. The zero-order valence-corrected chi connectivity index (χ0v) is 53.8. The summed E-state index contributed by atoms with van der Waals surface area (Å²) in [6, 6.07) is 0. The van der Waals surface area contributed by atoms with Crippen molar-refractivity contribution in [2.75, 3.05) is 0 Å². The lowest BCUT2D eigenvalue weighted by Gasteiger charge is -2.65. The van der Waals surface area contributed by atoms with E-state index in [0.29, 0.717) is 12.2 Å². The van der Waals surface area contributed by atoms with Gasteiger partial charge in [0.25, 0.3) is 0 Å². The summed E-state index contributed by atoms with van der Waals surface area (Å²) < 4.78 is 15.6. The Morgan fingerprint density at radius 2 is 1.30 bits per heavy atom. The molecule has 0 aromatic carbocycles. The highest BCUT2D eigenvalue weighted by Gasteiger charge is 2.65. The van der Waals surface area contributed by atoms with Crippen LogP contribution in [0.5, 0.6) is 0 Å². The fourth-order valence-electron chi connectivity index (χ4n) is 8.22. The number of allylic oxidation sites excluding steroid dienone is 1. The molecule has 2 bridgehead atoms. The number of rotatable bonds is 13. The minimum absolute atomic E-state index is 0.0270. The molecule has 3 aliphatic rings. The van der Waals surface area contributed by atoms with Crippen LogP contribution in [-0.4, -0.2) is 28.5 Å². The lowest BCUT2D eigenvalue weighted by molar-refractivity contribution is -0.151. The van der Waals surface area contributed by atoms with E-state index in [1.807, 2.05) is 6.92 Å².